The maximum Gasteiger partial charge on any atom is 0.267 e. The van der Waals surface area contributed by atoms with Crippen LogP contribution in [0.15, 0.2) is 29.1 Å². The molecule has 0 aliphatic heterocycles. The van der Waals surface area contributed by atoms with Gasteiger partial charge in [-0.1, -0.05) is 0 Å². The molecule has 2 aromatic rings. The van der Waals surface area contributed by atoms with E-state index in [-0.39, 0.29) is 5.91 Å². The second kappa shape index (κ2) is 7.45. The number of nitrogens with one attached hydrogen (secondary N) is 1. The van der Waals surface area contributed by atoms with Crippen LogP contribution >= 0.6 is 15.9 Å². The van der Waals surface area contributed by atoms with Crippen LogP contribution in [0.1, 0.15) is 36.1 Å². The molecule has 0 spiro atoms. The zero-order chi connectivity index (χ0) is 15.2. The van der Waals surface area contributed by atoms with Gasteiger partial charge >= 0.3 is 0 Å². The highest BCUT2D eigenvalue weighted by Crippen LogP contribution is 2.14. The lowest BCUT2D eigenvalue weighted by Gasteiger charge is -2.08. The molecule has 0 radical (unpaired) electrons. The van der Waals surface area contributed by atoms with Crippen molar-refractivity contribution in [2.24, 2.45) is 0 Å². The van der Waals surface area contributed by atoms with Gasteiger partial charge in [0.25, 0.3) is 5.91 Å². The van der Waals surface area contributed by atoms with E-state index in [1.807, 2.05) is 43.1 Å². The Labute approximate surface area is 133 Å². The fourth-order valence-corrected chi connectivity index (χ4v) is 2.73. The Hall–Kier alpha value is -1.56. The number of rotatable bonds is 7. The van der Waals surface area contributed by atoms with Crippen molar-refractivity contribution in [2.45, 2.75) is 39.8 Å². The summed E-state index contributed by atoms with van der Waals surface area (Å²) in [6.07, 6.45) is 7.71. The fourth-order valence-electron chi connectivity index (χ4n) is 2.27. The minimum absolute atomic E-state index is 0.0126. The molecule has 1 N–H and O–H groups in total. The van der Waals surface area contributed by atoms with Crippen LogP contribution in [0.3, 0.4) is 0 Å². The maximum absolute atomic E-state index is 12.1. The van der Waals surface area contributed by atoms with E-state index < -0.39 is 0 Å². The normalized spacial score (nSPS) is 10.8. The third-order valence-corrected chi connectivity index (χ3v) is 3.91. The standard InChI is InChI=1S/C15H21BrN4O/c1-3-19-11-13(16)10-14(19)15(21)18-6-4-5-8-20-9-7-17-12(20)2/h7,9-11H,3-6,8H2,1-2H3,(H,18,21). The number of hydrogen-bond donors (Lipinski definition) is 1. The first-order chi connectivity index (χ1) is 10.1. The Morgan fingerprint density at radius 3 is 2.86 bits per heavy atom. The summed E-state index contributed by atoms with van der Waals surface area (Å²) in [5.74, 6) is 1.02. The zero-order valence-corrected chi connectivity index (χ0v) is 14.1. The zero-order valence-electron chi connectivity index (χ0n) is 12.5. The van der Waals surface area contributed by atoms with Crippen molar-refractivity contribution < 1.29 is 4.79 Å². The van der Waals surface area contributed by atoms with Gasteiger partial charge in [-0.05, 0) is 48.7 Å². The van der Waals surface area contributed by atoms with Gasteiger partial charge in [0.1, 0.15) is 11.5 Å². The molecule has 6 heteroatoms. The molecule has 0 aliphatic carbocycles. The van der Waals surface area contributed by atoms with Crippen molar-refractivity contribution >= 4 is 21.8 Å². The smallest absolute Gasteiger partial charge is 0.267 e. The molecule has 2 rings (SSSR count). The second-order valence-corrected chi connectivity index (χ2v) is 5.88. The number of nitrogens with zero attached hydrogens (tertiary/aromatic N) is 3. The third kappa shape index (κ3) is 4.20. The molecule has 2 heterocycles. The van der Waals surface area contributed by atoms with E-state index in [4.69, 9.17) is 0 Å². The Kier molecular flexibility index (Phi) is 5.61. The average molecular weight is 353 g/mol. The number of imidazole rings is 1. The third-order valence-electron chi connectivity index (χ3n) is 3.47. The average Bonchev–Trinajstić information content (AvgIpc) is 3.04. The van der Waals surface area contributed by atoms with Crippen LogP contribution in [-0.4, -0.2) is 26.6 Å². The highest BCUT2D eigenvalue weighted by atomic mass is 79.9. The van der Waals surface area contributed by atoms with Crippen LogP contribution in [0.2, 0.25) is 0 Å². The number of carbonyl (C=O) groups excluding carboxylic acids is 1. The van der Waals surface area contributed by atoms with E-state index in [0.29, 0.717) is 12.2 Å². The molecule has 0 unspecified atom stereocenters. The fraction of sp³-hybridized carbons (Fsp3) is 0.467. The van der Waals surface area contributed by atoms with Crippen LogP contribution in [0.5, 0.6) is 0 Å². The maximum atomic E-state index is 12.1. The molecule has 0 bridgehead atoms. The Balaban J connectivity index is 1.73. The van der Waals surface area contributed by atoms with E-state index >= 15 is 0 Å². The van der Waals surface area contributed by atoms with Crippen LogP contribution in [0.25, 0.3) is 0 Å². The molecule has 0 aliphatic rings. The van der Waals surface area contributed by atoms with Gasteiger partial charge in [-0.25, -0.2) is 4.98 Å². The summed E-state index contributed by atoms with van der Waals surface area (Å²) in [5, 5.41) is 2.98. The molecule has 0 saturated carbocycles. The summed E-state index contributed by atoms with van der Waals surface area (Å²) in [6.45, 7) is 6.45. The molecule has 0 aromatic carbocycles. The van der Waals surface area contributed by atoms with E-state index in [1.165, 1.54) is 0 Å². The first-order valence-electron chi connectivity index (χ1n) is 7.23. The van der Waals surface area contributed by atoms with Crippen LogP contribution in [0.4, 0.5) is 0 Å². The molecule has 0 fully saturated rings. The molecule has 5 nitrogen and oxygen atoms in total. The number of amides is 1. The minimum Gasteiger partial charge on any atom is -0.351 e. The number of unbranched alkanes of at least 4 members (excludes halogenated alkanes) is 1. The SMILES string of the molecule is CCn1cc(Br)cc1C(=O)NCCCCn1ccnc1C. The summed E-state index contributed by atoms with van der Waals surface area (Å²) < 4.78 is 5.00. The lowest BCUT2D eigenvalue weighted by atomic mass is 10.3. The van der Waals surface area contributed by atoms with Gasteiger partial charge in [-0.3, -0.25) is 4.79 Å². The highest BCUT2D eigenvalue weighted by Gasteiger charge is 2.11. The van der Waals surface area contributed by atoms with Crippen molar-refractivity contribution in [1.29, 1.82) is 0 Å². The van der Waals surface area contributed by atoms with Crippen molar-refractivity contribution in [3.63, 3.8) is 0 Å². The quantitative estimate of drug-likeness (QED) is 0.778. The topological polar surface area (TPSA) is 51.9 Å². The number of aryl methyl sites for hydroxylation is 3. The van der Waals surface area contributed by atoms with Crippen LogP contribution in [0, 0.1) is 6.92 Å². The number of hydrogen-bond acceptors (Lipinski definition) is 2. The van der Waals surface area contributed by atoms with Gasteiger partial charge < -0.3 is 14.5 Å². The van der Waals surface area contributed by atoms with Gasteiger partial charge in [-0.15, -0.1) is 0 Å². The number of aromatic nitrogens is 3. The molecular formula is C15H21BrN4O. The van der Waals surface area contributed by atoms with Gasteiger partial charge in [0, 0.05) is 42.7 Å². The molecule has 21 heavy (non-hydrogen) atoms. The van der Waals surface area contributed by atoms with Crippen LogP contribution < -0.4 is 5.32 Å². The summed E-state index contributed by atoms with van der Waals surface area (Å²) >= 11 is 3.40. The summed E-state index contributed by atoms with van der Waals surface area (Å²) in [6, 6.07) is 1.85. The lowest BCUT2D eigenvalue weighted by Crippen LogP contribution is -2.26. The lowest BCUT2D eigenvalue weighted by molar-refractivity contribution is 0.0943. The summed E-state index contributed by atoms with van der Waals surface area (Å²) in [5.41, 5.74) is 0.704. The van der Waals surface area contributed by atoms with E-state index in [1.54, 1.807) is 0 Å². The second-order valence-electron chi connectivity index (χ2n) is 4.96. The van der Waals surface area contributed by atoms with Crippen molar-refractivity contribution in [3.8, 4) is 0 Å². The van der Waals surface area contributed by atoms with E-state index in [0.717, 1.165) is 36.2 Å². The van der Waals surface area contributed by atoms with Gasteiger partial charge in [0.2, 0.25) is 0 Å². The number of carbonyl (C=O) groups is 1. The summed E-state index contributed by atoms with van der Waals surface area (Å²) in [7, 11) is 0. The molecule has 1 amide bonds. The van der Waals surface area contributed by atoms with Gasteiger partial charge in [0.15, 0.2) is 0 Å². The van der Waals surface area contributed by atoms with Crippen molar-refractivity contribution in [3.05, 3.63) is 40.6 Å². The van der Waals surface area contributed by atoms with Crippen molar-refractivity contribution in [2.75, 3.05) is 6.54 Å². The monoisotopic (exact) mass is 352 g/mol. The Morgan fingerprint density at radius 1 is 1.38 bits per heavy atom. The predicted molar refractivity (Wildman–Crippen MR) is 86.3 cm³/mol. The van der Waals surface area contributed by atoms with E-state index in [2.05, 4.69) is 30.8 Å². The Bertz CT molecular complexity index is 603. The summed E-state index contributed by atoms with van der Waals surface area (Å²) in [4.78, 5) is 16.3. The molecule has 2 aromatic heterocycles. The number of halogens is 1. The highest BCUT2D eigenvalue weighted by molar-refractivity contribution is 9.10. The molecular weight excluding hydrogens is 332 g/mol. The molecule has 0 atom stereocenters. The molecule has 0 saturated heterocycles. The van der Waals surface area contributed by atoms with E-state index in [9.17, 15) is 4.79 Å². The van der Waals surface area contributed by atoms with Gasteiger partial charge in [-0.2, -0.15) is 0 Å². The minimum atomic E-state index is -0.0126. The van der Waals surface area contributed by atoms with Crippen molar-refractivity contribution in [1.82, 2.24) is 19.4 Å². The first-order valence-corrected chi connectivity index (χ1v) is 8.02. The first kappa shape index (κ1) is 15.8. The van der Waals surface area contributed by atoms with Crippen LogP contribution in [-0.2, 0) is 13.1 Å². The largest absolute Gasteiger partial charge is 0.351 e. The molecule has 114 valence electrons. The Morgan fingerprint density at radius 2 is 2.19 bits per heavy atom. The predicted octanol–water partition coefficient (Wildman–Crippen LogP) is 2.99. The van der Waals surface area contributed by atoms with Gasteiger partial charge in [0.05, 0.1) is 0 Å².